The molecule has 0 amide bonds. The van der Waals surface area contributed by atoms with Crippen LogP contribution in [0, 0.1) is 5.92 Å². The van der Waals surface area contributed by atoms with E-state index in [1.54, 1.807) is 38.1 Å². The van der Waals surface area contributed by atoms with E-state index in [1.807, 2.05) is 0 Å². The Morgan fingerprint density at radius 2 is 2.00 bits per heavy atom. The number of rotatable bonds is 4. The number of halogens is 1. The number of benzene rings is 1. The fourth-order valence-corrected chi connectivity index (χ4v) is 1.32. The third-order valence-corrected chi connectivity index (χ3v) is 2.36. The SMILES string of the molecule is CC(C)C(=O)CC(=O)c1cccc(Cl)c1. The molecule has 1 rings (SSSR count). The molecular weight excluding hydrogens is 212 g/mol. The zero-order chi connectivity index (χ0) is 11.4. The van der Waals surface area contributed by atoms with Gasteiger partial charge in [-0.2, -0.15) is 0 Å². The summed E-state index contributed by atoms with van der Waals surface area (Å²) in [7, 11) is 0. The lowest BCUT2D eigenvalue weighted by atomic mass is 10.00. The molecule has 0 N–H and O–H groups in total. The Morgan fingerprint density at radius 3 is 2.53 bits per heavy atom. The van der Waals surface area contributed by atoms with Crippen LogP contribution in [0.25, 0.3) is 0 Å². The number of hydrogen-bond acceptors (Lipinski definition) is 2. The Hall–Kier alpha value is -1.15. The van der Waals surface area contributed by atoms with Crippen molar-refractivity contribution in [2.45, 2.75) is 20.3 Å². The van der Waals surface area contributed by atoms with Crippen molar-refractivity contribution in [1.82, 2.24) is 0 Å². The highest BCUT2D eigenvalue weighted by Gasteiger charge is 2.14. The lowest BCUT2D eigenvalue weighted by Gasteiger charge is -2.03. The van der Waals surface area contributed by atoms with Gasteiger partial charge in [-0.15, -0.1) is 0 Å². The van der Waals surface area contributed by atoms with E-state index in [9.17, 15) is 9.59 Å². The van der Waals surface area contributed by atoms with Gasteiger partial charge in [-0.3, -0.25) is 9.59 Å². The molecule has 0 aliphatic rings. The van der Waals surface area contributed by atoms with Gasteiger partial charge in [0.2, 0.25) is 0 Å². The van der Waals surface area contributed by atoms with Gasteiger partial charge in [0.25, 0.3) is 0 Å². The van der Waals surface area contributed by atoms with E-state index in [-0.39, 0.29) is 23.9 Å². The van der Waals surface area contributed by atoms with Crippen LogP contribution >= 0.6 is 11.6 Å². The molecule has 0 bridgehead atoms. The molecule has 0 aliphatic heterocycles. The van der Waals surface area contributed by atoms with E-state index in [0.29, 0.717) is 10.6 Å². The summed E-state index contributed by atoms with van der Waals surface area (Å²) in [5, 5.41) is 0.512. The summed E-state index contributed by atoms with van der Waals surface area (Å²) in [5.74, 6) is -0.315. The minimum atomic E-state index is -0.170. The van der Waals surface area contributed by atoms with Crippen LogP contribution in [-0.2, 0) is 4.79 Å². The summed E-state index contributed by atoms with van der Waals surface area (Å²) in [4.78, 5) is 23.0. The first kappa shape index (κ1) is 11.9. The van der Waals surface area contributed by atoms with Gasteiger partial charge in [0.1, 0.15) is 5.78 Å². The Kier molecular flexibility index (Phi) is 4.04. The molecule has 0 fully saturated rings. The van der Waals surface area contributed by atoms with E-state index in [0.717, 1.165) is 0 Å². The van der Waals surface area contributed by atoms with Crippen molar-refractivity contribution in [2.75, 3.05) is 0 Å². The Bertz CT molecular complexity index is 383. The van der Waals surface area contributed by atoms with Crippen LogP contribution in [0.2, 0.25) is 5.02 Å². The highest BCUT2D eigenvalue weighted by atomic mass is 35.5. The van der Waals surface area contributed by atoms with Crippen molar-refractivity contribution < 1.29 is 9.59 Å². The smallest absolute Gasteiger partial charge is 0.170 e. The number of Topliss-reactive ketones (excluding diaryl/α,β-unsaturated/α-hetero) is 2. The molecule has 1 aromatic rings. The Morgan fingerprint density at radius 1 is 1.33 bits per heavy atom. The Labute approximate surface area is 94.2 Å². The van der Waals surface area contributed by atoms with Gasteiger partial charge >= 0.3 is 0 Å². The molecule has 80 valence electrons. The zero-order valence-corrected chi connectivity index (χ0v) is 9.54. The van der Waals surface area contributed by atoms with E-state index in [4.69, 9.17) is 11.6 Å². The van der Waals surface area contributed by atoms with Gasteiger partial charge < -0.3 is 0 Å². The van der Waals surface area contributed by atoms with Crippen LogP contribution in [-0.4, -0.2) is 11.6 Å². The van der Waals surface area contributed by atoms with Crippen LogP contribution in [0.3, 0.4) is 0 Å². The molecule has 0 atom stereocenters. The Balaban J connectivity index is 2.74. The normalized spacial score (nSPS) is 10.4. The number of carbonyl (C=O) groups is 2. The molecule has 0 radical (unpaired) electrons. The summed E-state index contributed by atoms with van der Waals surface area (Å²) in [5.41, 5.74) is 0.497. The van der Waals surface area contributed by atoms with Crippen LogP contribution in [0.4, 0.5) is 0 Å². The molecule has 0 aliphatic carbocycles. The number of ketones is 2. The monoisotopic (exact) mass is 224 g/mol. The molecule has 0 unspecified atom stereocenters. The molecule has 0 heterocycles. The largest absolute Gasteiger partial charge is 0.299 e. The molecule has 0 aromatic heterocycles. The molecular formula is C12H13ClO2. The summed E-state index contributed by atoms with van der Waals surface area (Å²) in [6.07, 6.45) is -0.0436. The van der Waals surface area contributed by atoms with Crippen molar-refractivity contribution in [2.24, 2.45) is 5.92 Å². The molecule has 0 saturated heterocycles. The first-order valence-corrected chi connectivity index (χ1v) is 5.20. The maximum Gasteiger partial charge on any atom is 0.170 e. The van der Waals surface area contributed by atoms with Gasteiger partial charge in [-0.1, -0.05) is 37.6 Å². The molecule has 2 nitrogen and oxygen atoms in total. The van der Waals surface area contributed by atoms with Crippen molar-refractivity contribution in [3.63, 3.8) is 0 Å². The van der Waals surface area contributed by atoms with Crippen molar-refractivity contribution in [1.29, 1.82) is 0 Å². The van der Waals surface area contributed by atoms with E-state index >= 15 is 0 Å². The number of hydrogen-bond donors (Lipinski definition) is 0. The zero-order valence-electron chi connectivity index (χ0n) is 8.79. The molecule has 3 heteroatoms. The fraction of sp³-hybridized carbons (Fsp3) is 0.333. The lowest BCUT2D eigenvalue weighted by Crippen LogP contribution is -2.13. The van der Waals surface area contributed by atoms with Crippen LogP contribution in [0.15, 0.2) is 24.3 Å². The highest BCUT2D eigenvalue weighted by molar-refractivity contribution is 6.31. The topological polar surface area (TPSA) is 34.1 Å². The number of carbonyl (C=O) groups excluding carboxylic acids is 2. The third kappa shape index (κ3) is 3.48. The van der Waals surface area contributed by atoms with Gasteiger partial charge in [0.05, 0.1) is 6.42 Å². The summed E-state index contributed by atoms with van der Waals surface area (Å²) in [6, 6.07) is 6.65. The summed E-state index contributed by atoms with van der Waals surface area (Å²) in [6.45, 7) is 3.57. The average molecular weight is 225 g/mol. The minimum absolute atomic E-state index is 0.0417. The van der Waals surface area contributed by atoms with E-state index < -0.39 is 0 Å². The average Bonchev–Trinajstić information content (AvgIpc) is 2.17. The lowest BCUT2D eigenvalue weighted by molar-refractivity contribution is -0.121. The van der Waals surface area contributed by atoms with E-state index in [1.165, 1.54) is 0 Å². The van der Waals surface area contributed by atoms with Crippen molar-refractivity contribution in [3.8, 4) is 0 Å². The first-order chi connectivity index (χ1) is 7.00. The molecule has 15 heavy (non-hydrogen) atoms. The van der Waals surface area contributed by atoms with Gasteiger partial charge in [-0.05, 0) is 12.1 Å². The van der Waals surface area contributed by atoms with Gasteiger partial charge in [-0.25, -0.2) is 0 Å². The van der Waals surface area contributed by atoms with Crippen molar-refractivity contribution >= 4 is 23.2 Å². The molecule has 1 aromatic carbocycles. The molecule has 0 spiro atoms. The summed E-state index contributed by atoms with van der Waals surface area (Å²) >= 11 is 5.75. The summed E-state index contributed by atoms with van der Waals surface area (Å²) < 4.78 is 0. The first-order valence-electron chi connectivity index (χ1n) is 4.82. The van der Waals surface area contributed by atoms with E-state index in [2.05, 4.69) is 0 Å². The van der Waals surface area contributed by atoms with Gasteiger partial charge in [0, 0.05) is 16.5 Å². The van der Waals surface area contributed by atoms with Crippen LogP contribution in [0.1, 0.15) is 30.6 Å². The van der Waals surface area contributed by atoms with Crippen LogP contribution < -0.4 is 0 Å². The molecule has 0 saturated carbocycles. The highest BCUT2D eigenvalue weighted by Crippen LogP contribution is 2.13. The van der Waals surface area contributed by atoms with Crippen molar-refractivity contribution in [3.05, 3.63) is 34.9 Å². The van der Waals surface area contributed by atoms with Crippen LogP contribution in [0.5, 0.6) is 0 Å². The fourth-order valence-electron chi connectivity index (χ4n) is 1.13. The quantitative estimate of drug-likeness (QED) is 0.582. The second kappa shape index (κ2) is 5.08. The van der Waals surface area contributed by atoms with Gasteiger partial charge in [0.15, 0.2) is 5.78 Å². The predicted octanol–water partition coefficient (Wildman–Crippen LogP) is 3.14. The maximum absolute atomic E-state index is 11.6. The second-order valence-corrected chi connectivity index (χ2v) is 4.17. The third-order valence-electron chi connectivity index (χ3n) is 2.13. The standard InChI is InChI=1S/C12H13ClO2/c1-8(2)11(14)7-12(15)9-4-3-5-10(13)6-9/h3-6,8H,7H2,1-2H3. The minimum Gasteiger partial charge on any atom is -0.299 e. The maximum atomic E-state index is 11.6. The second-order valence-electron chi connectivity index (χ2n) is 3.73. The predicted molar refractivity (Wildman–Crippen MR) is 60.2 cm³/mol.